The molecule has 8 rings (SSSR count). The Morgan fingerprint density at radius 3 is 2.13 bits per heavy atom. The molecule has 2 aromatic carbocycles. The lowest BCUT2D eigenvalue weighted by atomic mass is 9.98. The fourth-order valence-corrected chi connectivity index (χ4v) is 8.34. The number of aliphatic hydroxyl groups excluding tert-OH is 1. The molecule has 3 aromatic rings. The van der Waals surface area contributed by atoms with Crippen LogP contribution in [0.1, 0.15) is 59.2 Å². The van der Waals surface area contributed by atoms with Crippen LogP contribution in [0.25, 0.3) is 0 Å². The molecule has 15 heteroatoms. The van der Waals surface area contributed by atoms with Crippen LogP contribution >= 0.6 is 0 Å². The van der Waals surface area contributed by atoms with Crippen molar-refractivity contribution in [3.8, 4) is 0 Å². The summed E-state index contributed by atoms with van der Waals surface area (Å²) in [6.07, 6.45) is 5.02. The van der Waals surface area contributed by atoms with Gasteiger partial charge in [-0.15, -0.1) is 0 Å². The zero-order chi connectivity index (χ0) is 36.6. The van der Waals surface area contributed by atoms with Gasteiger partial charge in [-0.2, -0.15) is 4.98 Å². The number of halogens is 1. The van der Waals surface area contributed by atoms with Gasteiger partial charge in [0.05, 0.1) is 17.3 Å². The number of hydrogen-bond donors (Lipinski definition) is 3. The maximum atomic E-state index is 14.6. The summed E-state index contributed by atoms with van der Waals surface area (Å²) in [7, 11) is 0. The third-order valence-corrected chi connectivity index (χ3v) is 11.5. The summed E-state index contributed by atoms with van der Waals surface area (Å²) in [5.74, 6) is -1.53. The largest absolute Gasteiger partial charge is 0.396 e. The molecule has 5 aliphatic rings. The first-order chi connectivity index (χ1) is 25.7. The minimum Gasteiger partial charge on any atom is -0.396 e. The number of hydrogen-bond acceptors (Lipinski definition) is 12. The quantitative estimate of drug-likeness (QED) is 0.293. The average molecular weight is 726 g/mol. The van der Waals surface area contributed by atoms with Crippen molar-refractivity contribution in [2.45, 2.75) is 50.6 Å². The van der Waals surface area contributed by atoms with E-state index in [4.69, 9.17) is 0 Å². The smallest absolute Gasteiger partial charge is 0.262 e. The summed E-state index contributed by atoms with van der Waals surface area (Å²) in [6, 6.07) is 13.0. The van der Waals surface area contributed by atoms with Crippen molar-refractivity contribution < 1.29 is 28.7 Å². The van der Waals surface area contributed by atoms with E-state index in [0.717, 1.165) is 86.9 Å². The second kappa shape index (κ2) is 14.7. The molecule has 0 spiro atoms. The Morgan fingerprint density at radius 1 is 0.774 bits per heavy atom. The first-order valence-corrected chi connectivity index (χ1v) is 18.6. The van der Waals surface area contributed by atoms with E-state index in [9.17, 15) is 28.7 Å². The van der Waals surface area contributed by atoms with Gasteiger partial charge in [0, 0.05) is 88.5 Å². The number of benzene rings is 2. The highest BCUT2D eigenvalue weighted by molar-refractivity contribution is 6.23. The van der Waals surface area contributed by atoms with E-state index in [1.807, 2.05) is 23.1 Å². The minimum atomic E-state index is -0.972. The number of carbonyl (C=O) groups excluding carboxylic acids is 4. The topological polar surface area (TPSA) is 155 Å². The van der Waals surface area contributed by atoms with Gasteiger partial charge in [0.25, 0.3) is 11.8 Å². The summed E-state index contributed by atoms with van der Waals surface area (Å²) in [5.41, 5.74) is 3.45. The number of amides is 4. The molecule has 6 heterocycles. The van der Waals surface area contributed by atoms with Crippen LogP contribution in [0.15, 0.2) is 48.7 Å². The first kappa shape index (κ1) is 34.9. The van der Waals surface area contributed by atoms with Gasteiger partial charge in [-0.1, -0.05) is 0 Å². The Morgan fingerprint density at radius 2 is 1.43 bits per heavy atom. The van der Waals surface area contributed by atoms with Crippen molar-refractivity contribution in [1.82, 2.24) is 25.1 Å². The normalized spacial score (nSPS) is 22.0. The molecular weight excluding hydrogens is 681 g/mol. The van der Waals surface area contributed by atoms with Gasteiger partial charge in [-0.25, -0.2) is 9.37 Å². The molecule has 53 heavy (non-hydrogen) atoms. The maximum absolute atomic E-state index is 14.6. The molecular formula is C38H44FN9O5. The molecule has 1 atom stereocenters. The highest BCUT2D eigenvalue weighted by Gasteiger charge is 2.45. The summed E-state index contributed by atoms with van der Waals surface area (Å²) in [4.78, 5) is 69.2. The van der Waals surface area contributed by atoms with Crippen LogP contribution in [0, 0.1) is 11.7 Å². The number of imide groups is 2. The van der Waals surface area contributed by atoms with E-state index >= 15 is 0 Å². The third-order valence-electron chi connectivity index (χ3n) is 11.5. The van der Waals surface area contributed by atoms with Crippen molar-refractivity contribution in [1.29, 1.82) is 0 Å². The lowest BCUT2D eigenvalue weighted by Crippen LogP contribution is -2.54. The third kappa shape index (κ3) is 7.02. The summed E-state index contributed by atoms with van der Waals surface area (Å²) < 4.78 is 14.6. The Labute approximate surface area is 306 Å². The SMILES string of the molecule is O=C1CCC(N2C(=O)c3ccc(N4CCC(N5CCN(c6ccc(Nc7ncc(F)c(N8CCC(CO)CC8)n7)cc6)CC5)CC4)cc3C2=O)C(=O)N1. The van der Waals surface area contributed by atoms with E-state index < -0.39 is 35.5 Å². The Bertz CT molecular complexity index is 1890. The summed E-state index contributed by atoms with van der Waals surface area (Å²) >= 11 is 0. The maximum Gasteiger partial charge on any atom is 0.262 e. The zero-order valence-corrected chi connectivity index (χ0v) is 29.5. The van der Waals surface area contributed by atoms with E-state index in [1.165, 1.54) is 6.20 Å². The number of rotatable bonds is 8. The van der Waals surface area contributed by atoms with Crippen LogP contribution in [0.3, 0.4) is 0 Å². The molecule has 1 aromatic heterocycles. The second-order valence-electron chi connectivity index (χ2n) is 14.6. The van der Waals surface area contributed by atoms with Crippen molar-refractivity contribution in [3.63, 3.8) is 0 Å². The molecule has 278 valence electrons. The first-order valence-electron chi connectivity index (χ1n) is 18.6. The highest BCUT2D eigenvalue weighted by Crippen LogP contribution is 2.33. The van der Waals surface area contributed by atoms with Crippen LogP contribution in [-0.4, -0.2) is 120 Å². The van der Waals surface area contributed by atoms with Crippen molar-refractivity contribution in [2.24, 2.45) is 5.92 Å². The van der Waals surface area contributed by atoms with Gasteiger partial charge in [-0.3, -0.25) is 34.3 Å². The molecule has 4 amide bonds. The Hall–Kier alpha value is -5.15. The summed E-state index contributed by atoms with van der Waals surface area (Å²) in [5, 5.41) is 14.9. The monoisotopic (exact) mass is 725 g/mol. The van der Waals surface area contributed by atoms with Gasteiger partial charge in [0.2, 0.25) is 17.8 Å². The Kier molecular flexibility index (Phi) is 9.68. The molecule has 4 saturated heterocycles. The van der Waals surface area contributed by atoms with Crippen molar-refractivity contribution in [2.75, 3.05) is 79.0 Å². The number of piperazine rings is 1. The second-order valence-corrected chi connectivity index (χ2v) is 14.6. The molecule has 0 saturated carbocycles. The van der Waals surface area contributed by atoms with Crippen LogP contribution in [0.4, 0.5) is 33.2 Å². The van der Waals surface area contributed by atoms with E-state index in [0.29, 0.717) is 36.2 Å². The van der Waals surface area contributed by atoms with E-state index in [-0.39, 0.29) is 31.2 Å². The predicted molar refractivity (Wildman–Crippen MR) is 196 cm³/mol. The molecule has 5 aliphatic heterocycles. The number of aromatic nitrogens is 2. The summed E-state index contributed by atoms with van der Waals surface area (Å²) in [6.45, 7) is 6.86. The Balaban J connectivity index is 0.818. The van der Waals surface area contributed by atoms with Crippen molar-refractivity contribution in [3.05, 3.63) is 65.6 Å². The molecule has 0 aliphatic carbocycles. The van der Waals surface area contributed by atoms with Gasteiger partial charge < -0.3 is 25.1 Å². The van der Waals surface area contributed by atoms with Gasteiger partial charge in [-0.05, 0) is 80.5 Å². The number of aliphatic hydroxyl groups is 1. The molecule has 3 N–H and O–H groups in total. The number of nitrogens with one attached hydrogen (secondary N) is 2. The fraction of sp³-hybridized carbons (Fsp3) is 0.474. The number of anilines is 5. The van der Waals surface area contributed by atoms with Gasteiger partial charge in [0.15, 0.2) is 11.6 Å². The fourth-order valence-electron chi connectivity index (χ4n) is 8.34. The van der Waals surface area contributed by atoms with Crippen LogP contribution in [0.5, 0.6) is 0 Å². The van der Waals surface area contributed by atoms with Crippen LogP contribution < -0.4 is 25.3 Å². The standard InChI is InChI=1S/C38H44FN9O5/c39-31-22-40-38(43-34(31)47-13-9-24(23-49)10-14-47)41-25-1-3-26(4-2-25)45-17-19-46(20-18-45)27-11-15-44(16-12-27)28-5-6-29-30(21-28)37(53)48(36(29)52)32-7-8-33(50)42-35(32)51/h1-6,21-22,24,27,32,49H,7-20,23H2,(H,40,41,43)(H,42,50,51). The van der Waals surface area contributed by atoms with E-state index in [2.05, 4.69) is 47.4 Å². The van der Waals surface area contributed by atoms with Gasteiger partial charge >= 0.3 is 0 Å². The molecule has 0 radical (unpaired) electrons. The number of nitrogens with zero attached hydrogens (tertiary/aromatic N) is 7. The lowest BCUT2D eigenvalue weighted by Gasteiger charge is -2.44. The number of piperidine rings is 3. The molecule has 4 fully saturated rings. The molecule has 14 nitrogen and oxygen atoms in total. The van der Waals surface area contributed by atoms with Gasteiger partial charge in [0.1, 0.15) is 6.04 Å². The molecule has 1 unspecified atom stereocenters. The van der Waals surface area contributed by atoms with Crippen LogP contribution in [-0.2, 0) is 9.59 Å². The van der Waals surface area contributed by atoms with Crippen LogP contribution in [0.2, 0.25) is 0 Å². The number of fused-ring (bicyclic) bond motifs is 1. The van der Waals surface area contributed by atoms with Crippen molar-refractivity contribution >= 4 is 52.5 Å². The predicted octanol–water partition coefficient (Wildman–Crippen LogP) is 2.76. The number of carbonyl (C=O) groups is 4. The molecule has 0 bridgehead atoms. The lowest BCUT2D eigenvalue weighted by molar-refractivity contribution is -0.136. The average Bonchev–Trinajstić information content (AvgIpc) is 3.44. The minimum absolute atomic E-state index is 0.0923. The highest BCUT2D eigenvalue weighted by atomic mass is 19.1. The van der Waals surface area contributed by atoms with E-state index in [1.54, 1.807) is 12.1 Å². The zero-order valence-electron chi connectivity index (χ0n) is 29.5.